The van der Waals surface area contributed by atoms with Gasteiger partial charge >= 0.3 is 0 Å². The summed E-state index contributed by atoms with van der Waals surface area (Å²) in [4.78, 5) is -0.0586. The van der Waals surface area contributed by atoms with Gasteiger partial charge in [-0.3, -0.25) is 0 Å². The van der Waals surface area contributed by atoms with Crippen LogP contribution in [0.25, 0.3) is 0 Å². The van der Waals surface area contributed by atoms with Gasteiger partial charge in [0.05, 0.1) is 4.90 Å². The Bertz CT molecular complexity index is 612. The number of aliphatic hydroxyl groups is 1. The van der Waals surface area contributed by atoms with Gasteiger partial charge in [0, 0.05) is 11.6 Å². The van der Waals surface area contributed by atoms with Crippen molar-refractivity contribution in [2.24, 2.45) is 0 Å². The Kier molecular flexibility index (Phi) is 3.66. The van der Waals surface area contributed by atoms with E-state index in [4.69, 9.17) is 5.11 Å². The van der Waals surface area contributed by atoms with Crippen molar-refractivity contribution in [1.29, 1.82) is 0 Å². The van der Waals surface area contributed by atoms with Gasteiger partial charge in [-0.1, -0.05) is 11.8 Å². The molecular weight excluding hydrogens is 257 g/mol. The van der Waals surface area contributed by atoms with E-state index in [1.807, 2.05) is 0 Å². The Labute approximate surface area is 105 Å². The van der Waals surface area contributed by atoms with Gasteiger partial charge in [0.1, 0.15) is 12.4 Å². The van der Waals surface area contributed by atoms with Crippen LogP contribution < -0.4 is 4.72 Å². The number of aliphatic hydroxyl groups excluding tert-OH is 1. The second-order valence-corrected chi connectivity index (χ2v) is 5.68. The molecule has 2 N–H and O–H groups in total. The van der Waals surface area contributed by atoms with Gasteiger partial charge < -0.3 is 5.11 Å². The SMILES string of the molecule is O=S(=O)(NC1CC1)c1ccc(F)cc1C#CCO. The number of rotatable bonds is 3. The summed E-state index contributed by atoms with van der Waals surface area (Å²) in [6.45, 7) is -0.411. The van der Waals surface area contributed by atoms with Crippen molar-refractivity contribution in [2.75, 3.05) is 6.61 Å². The molecule has 0 heterocycles. The minimum atomic E-state index is -3.68. The van der Waals surface area contributed by atoms with Crippen LogP contribution in [0.5, 0.6) is 0 Å². The molecule has 1 aliphatic carbocycles. The van der Waals surface area contributed by atoms with Crippen LogP contribution in [-0.2, 0) is 10.0 Å². The normalized spacial score (nSPS) is 15.0. The average Bonchev–Trinajstić information content (AvgIpc) is 3.09. The fourth-order valence-electron chi connectivity index (χ4n) is 1.45. The van der Waals surface area contributed by atoms with Gasteiger partial charge in [-0.05, 0) is 31.0 Å². The lowest BCUT2D eigenvalue weighted by molar-refractivity contribution is 0.350. The molecule has 0 aliphatic heterocycles. The van der Waals surface area contributed by atoms with Crippen LogP contribution in [0.4, 0.5) is 4.39 Å². The Morgan fingerprint density at radius 1 is 1.44 bits per heavy atom. The topological polar surface area (TPSA) is 66.4 Å². The first-order valence-corrected chi connectivity index (χ1v) is 6.93. The molecule has 6 heteroatoms. The maximum absolute atomic E-state index is 13.1. The molecule has 1 fully saturated rings. The summed E-state index contributed by atoms with van der Waals surface area (Å²) < 4.78 is 39.6. The van der Waals surface area contributed by atoms with E-state index in [9.17, 15) is 12.8 Å². The van der Waals surface area contributed by atoms with E-state index in [1.54, 1.807) is 0 Å². The van der Waals surface area contributed by atoms with E-state index in [0.29, 0.717) is 0 Å². The maximum atomic E-state index is 13.1. The molecule has 0 radical (unpaired) electrons. The lowest BCUT2D eigenvalue weighted by Crippen LogP contribution is -2.26. The first-order valence-electron chi connectivity index (χ1n) is 5.44. The molecule has 0 spiro atoms. The first kappa shape index (κ1) is 13.0. The summed E-state index contributed by atoms with van der Waals surface area (Å²) in [6.07, 6.45) is 1.64. The van der Waals surface area contributed by atoms with Crippen molar-refractivity contribution in [2.45, 2.75) is 23.8 Å². The predicted octanol–water partition coefficient (Wildman–Crippen LogP) is 0.610. The highest BCUT2D eigenvalue weighted by atomic mass is 32.2. The van der Waals surface area contributed by atoms with Crippen LogP contribution in [0.3, 0.4) is 0 Å². The first-order chi connectivity index (χ1) is 8.53. The zero-order valence-electron chi connectivity index (χ0n) is 9.48. The summed E-state index contributed by atoms with van der Waals surface area (Å²) in [5.41, 5.74) is 0.0530. The summed E-state index contributed by atoms with van der Waals surface area (Å²) >= 11 is 0. The number of halogens is 1. The highest BCUT2D eigenvalue weighted by Crippen LogP contribution is 2.23. The van der Waals surface area contributed by atoms with E-state index in [-0.39, 0.29) is 16.5 Å². The molecule has 96 valence electrons. The molecule has 0 atom stereocenters. The molecule has 1 aliphatic rings. The Hall–Kier alpha value is -1.42. The summed E-state index contributed by atoms with van der Waals surface area (Å²) in [5, 5.41) is 8.61. The van der Waals surface area contributed by atoms with Crippen molar-refractivity contribution in [3.63, 3.8) is 0 Å². The predicted molar refractivity (Wildman–Crippen MR) is 63.7 cm³/mol. The molecule has 0 bridgehead atoms. The number of hydrogen-bond acceptors (Lipinski definition) is 3. The van der Waals surface area contributed by atoms with Gasteiger partial charge in [-0.15, -0.1) is 0 Å². The summed E-state index contributed by atoms with van der Waals surface area (Å²) in [6, 6.07) is 3.27. The van der Waals surface area contributed by atoms with Gasteiger partial charge in [-0.25, -0.2) is 17.5 Å². The van der Waals surface area contributed by atoms with Crippen molar-refractivity contribution >= 4 is 10.0 Å². The van der Waals surface area contributed by atoms with E-state index in [1.165, 1.54) is 6.07 Å². The minimum absolute atomic E-state index is 0.0290. The van der Waals surface area contributed by atoms with Gasteiger partial charge in [0.2, 0.25) is 10.0 Å². The lowest BCUT2D eigenvalue weighted by atomic mass is 10.2. The molecule has 1 aromatic rings. The summed E-state index contributed by atoms with van der Waals surface area (Å²) in [7, 11) is -3.68. The zero-order chi connectivity index (χ0) is 13.2. The van der Waals surface area contributed by atoms with Crippen LogP contribution in [0.2, 0.25) is 0 Å². The summed E-state index contributed by atoms with van der Waals surface area (Å²) in [5.74, 6) is 4.20. The quantitative estimate of drug-likeness (QED) is 0.790. The third kappa shape index (κ3) is 3.07. The molecule has 1 aromatic carbocycles. The zero-order valence-corrected chi connectivity index (χ0v) is 10.3. The Morgan fingerprint density at radius 3 is 2.78 bits per heavy atom. The fourth-order valence-corrected chi connectivity index (χ4v) is 2.90. The molecule has 18 heavy (non-hydrogen) atoms. The smallest absolute Gasteiger partial charge is 0.242 e. The molecule has 1 saturated carbocycles. The monoisotopic (exact) mass is 269 g/mol. The minimum Gasteiger partial charge on any atom is -0.384 e. The van der Waals surface area contributed by atoms with Gasteiger partial charge in [0.25, 0.3) is 0 Å². The molecule has 0 saturated heterocycles. The van der Waals surface area contributed by atoms with Crippen LogP contribution >= 0.6 is 0 Å². The third-order valence-corrected chi connectivity index (χ3v) is 4.01. The van der Waals surface area contributed by atoms with Gasteiger partial charge in [0.15, 0.2) is 0 Å². The fraction of sp³-hybridized carbons (Fsp3) is 0.333. The molecule has 4 nitrogen and oxygen atoms in total. The van der Waals surface area contributed by atoms with E-state index in [2.05, 4.69) is 16.6 Å². The molecule has 0 aromatic heterocycles. The molecule has 0 unspecified atom stereocenters. The highest BCUT2D eigenvalue weighted by molar-refractivity contribution is 7.89. The number of sulfonamides is 1. The standard InChI is InChI=1S/C12H12FNO3S/c13-10-3-6-12(9(8-10)2-1-7-15)18(16,17)14-11-4-5-11/h3,6,8,11,14-15H,4-5,7H2. The van der Waals surface area contributed by atoms with E-state index in [0.717, 1.165) is 25.0 Å². The Balaban J connectivity index is 2.42. The highest BCUT2D eigenvalue weighted by Gasteiger charge is 2.29. The van der Waals surface area contributed by atoms with E-state index < -0.39 is 22.4 Å². The number of hydrogen-bond donors (Lipinski definition) is 2. The van der Waals surface area contributed by atoms with Gasteiger partial charge in [-0.2, -0.15) is 0 Å². The van der Waals surface area contributed by atoms with Crippen molar-refractivity contribution in [1.82, 2.24) is 4.72 Å². The van der Waals surface area contributed by atoms with Crippen LogP contribution in [-0.4, -0.2) is 26.2 Å². The van der Waals surface area contributed by atoms with E-state index >= 15 is 0 Å². The average molecular weight is 269 g/mol. The van der Waals surface area contributed by atoms with Crippen LogP contribution in [0.15, 0.2) is 23.1 Å². The largest absolute Gasteiger partial charge is 0.384 e. The lowest BCUT2D eigenvalue weighted by Gasteiger charge is -2.07. The Morgan fingerprint density at radius 2 is 2.17 bits per heavy atom. The van der Waals surface area contributed by atoms with Crippen LogP contribution in [0, 0.1) is 17.7 Å². The maximum Gasteiger partial charge on any atom is 0.242 e. The molecule has 2 rings (SSSR count). The van der Waals surface area contributed by atoms with Crippen molar-refractivity contribution in [3.05, 3.63) is 29.6 Å². The number of nitrogens with one attached hydrogen (secondary N) is 1. The van der Waals surface area contributed by atoms with Crippen molar-refractivity contribution < 1.29 is 17.9 Å². The van der Waals surface area contributed by atoms with Crippen molar-refractivity contribution in [3.8, 4) is 11.8 Å². The second-order valence-electron chi connectivity index (χ2n) is 4.00. The molecule has 0 amide bonds. The third-order valence-electron chi connectivity index (χ3n) is 2.43. The number of benzene rings is 1. The second kappa shape index (κ2) is 5.06. The molecular formula is C12H12FNO3S. The van der Waals surface area contributed by atoms with Crippen LogP contribution in [0.1, 0.15) is 18.4 Å².